The Labute approximate surface area is 180 Å². The van der Waals surface area contributed by atoms with Crippen LogP contribution in [0.1, 0.15) is 39.7 Å². The number of rotatable bonds is 10. The molecule has 1 atom stereocenters. The van der Waals surface area contributed by atoms with Gasteiger partial charge >= 0.3 is 0 Å². The monoisotopic (exact) mass is 404 g/mol. The molecule has 0 spiro atoms. The molecule has 158 valence electrons. The summed E-state index contributed by atoms with van der Waals surface area (Å²) in [5.41, 5.74) is 3.87. The summed E-state index contributed by atoms with van der Waals surface area (Å²) in [6, 6.07) is 26.7. The first kappa shape index (κ1) is 21.9. The van der Waals surface area contributed by atoms with Gasteiger partial charge in [0, 0.05) is 0 Å². The van der Waals surface area contributed by atoms with Gasteiger partial charge in [-0.15, -0.1) is 0 Å². The summed E-state index contributed by atoms with van der Waals surface area (Å²) in [5.74, 6) is 1.65. The molecule has 0 bridgehead atoms. The predicted octanol–water partition coefficient (Wildman–Crippen LogP) is 6.86. The fourth-order valence-corrected chi connectivity index (χ4v) is 3.16. The lowest BCUT2D eigenvalue weighted by Crippen LogP contribution is -2.20. The minimum Gasteiger partial charge on any atom is -0.491 e. The zero-order valence-corrected chi connectivity index (χ0v) is 18.4. The van der Waals surface area contributed by atoms with Gasteiger partial charge in [0.2, 0.25) is 0 Å². The molecule has 0 radical (unpaired) electrons. The van der Waals surface area contributed by atoms with E-state index in [0.29, 0.717) is 13.2 Å². The van der Waals surface area contributed by atoms with E-state index in [1.54, 1.807) is 0 Å². The number of hydrogen-bond donors (Lipinski definition) is 0. The molecule has 0 saturated carbocycles. The zero-order valence-electron chi connectivity index (χ0n) is 18.4. The van der Waals surface area contributed by atoms with Crippen LogP contribution in [-0.2, 0) is 10.2 Å². The van der Waals surface area contributed by atoms with Crippen LogP contribution in [0.4, 0.5) is 0 Å². The third-order valence-electron chi connectivity index (χ3n) is 5.49. The lowest BCUT2D eigenvalue weighted by molar-refractivity contribution is -0.0739. The molecule has 1 unspecified atom stereocenters. The van der Waals surface area contributed by atoms with Crippen LogP contribution in [0, 0.1) is 0 Å². The standard InChI is InChI=1S/C27H32O3/c1-5-27(3,4)24-13-17-26(18-14-24)30-21(2)28-19-20-29-25-15-11-23(12-16-25)22-9-7-6-8-10-22/h6-18,21H,5,19-20H2,1-4H3. The summed E-state index contributed by atoms with van der Waals surface area (Å²) in [7, 11) is 0. The summed E-state index contributed by atoms with van der Waals surface area (Å²) in [4.78, 5) is 0. The summed E-state index contributed by atoms with van der Waals surface area (Å²) in [5, 5.41) is 0. The lowest BCUT2D eigenvalue weighted by Gasteiger charge is -2.23. The van der Waals surface area contributed by atoms with Crippen molar-refractivity contribution >= 4 is 0 Å². The van der Waals surface area contributed by atoms with Gasteiger partial charge in [0.1, 0.15) is 18.1 Å². The molecule has 30 heavy (non-hydrogen) atoms. The summed E-state index contributed by atoms with van der Waals surface area (Å²) in [6.45, 7) is 9.55. The Kier molecular flexibility index (Phi) is 7.53. The molecular weight excluding hydrogens is 372 g/mol. The molecule has 0 amide bonds. The van der Waals surface area contributed by atoms with E-state index in [9.17, 15) is 0 Å². The second-order valence-corrected chi connectivity index (χ2v) is 8.06. The Balaban J connectivity index is 1.40. The van der Waals surface area contributed by atoms with Crippen LogP contribution in [0.25, 0.3) is 11.1 Å². The van der Waals surface area contributed by atoms with E-state index < -0.39 is 0 Å². The average Bonchev–Trinajstić information content (AvgIpc) is 2.78. The number of benzene rings is 3. The van der Waals surface area contributed by atoms with Crippen molar-refractivity contribution in [3.05, 3.63) is 84.4 Å². The molecule has 3 aromatic rings. The molecule has 0 N–H and O–H groups in total. The van der Waals surface area contributed by atoms with E-state index in [0.717, 1.165) is 17.9 Å². The van der Waals surface area contributed by atoms with Gasteiger partial charge in [0.25, 0.3) is 0 Å². The van der Waals surface area contributed by atoms with E-state index >= 15 is 0 Å². The SMILES string of the molecule is CCC(C)(C)c1ccc(OC(C)OCCOc2ccc(-c3ccccc3)cc2)cc1. The van der Waals surface area contributed by atoms with Crippen molar-refractivity contribution in [2.45, 2.75) is 45.8 Å². The Morgan fingerprint density at radius 1 is 0.733 bits per heavy atom. The summed E-state index contributed by atoms with van der Waals surface area (Å²) in [6.07, 6.45) is 0.765. The van der Waals surface area contributed by atoms with Gasteiger partial charge < -0.3 is 14.2 Å². The highest BCUT2D eigenvalue weighted by Gasteiger charge is 2.17. The Bertz CT molecular complexity index is 884. The van der Waals surface area contributed by atoms with Crippen LogP contribution in [0.2, 0.25) is 0 Å². The minimum atomic E-state index is -0.334. The first-order chi connectivity index (χ1) is 14.5. The number of hydrogen-bond acceptors (Lipinski definition) is 3. The van der Waals surface area contributed by atoms with Crippen molar-refractivity contribution in [1.82, 2.24) is 0 Å². The molecule has 3 rings (SSSR count). The van der Waals surface area contributed by atoms with E-state index in [-0.39, 0.29) is 11.7 Å². The fourth-order valence-electron chi connectivity index (χ4n) is 3.16. The second kappa shape index (κ2) is 10.3. The molecule has 0 fully saturated rings. The van der Waals surface area contributed by atoms with Gasteiger partial charge in [-0.25, -0.2) is 0 Å². The van der Waals surface area contributed by atoms with Crippen molar-refractivity contribution in [2.24, 2.45) is 0 Å². The van der Waals surface area contributed by atoms with Crippen molar-refractivity contribution in [3.63, 3.8) is 0 Å². The molecule has 3 aromatic carbocycles. The molecule has 0 aliphatic rings. The summed E-state index contributed by atoms with van der Waals surface area (Å²) < 4.78 is 17.4. The highest BCUT2D eigenvalue weighted by molar-refractivity contribution is 5.63. The molecule has 0 aromatic heterocycles. The molecule has 0 heterocycles. The maximum absolute atomic E-state index is 5.85. The van der Waals surface area contributed by atoms with Crippen LogP contribution in [0.5, 0.6) is 11.5 Å². The Morgan fingerprint density at radius 2 is 1.33 bits per heavy atom. The molecule has 3 heteroatoms. The molecule has 0 aliphatic carbocycles. The summed E-state index contributed by atoms with van der Waals surface area (Å²) >= 11 is 0. The lowest BCUT2D eigenvalue weighted by atomic mass is 9.82. The van der Waals surface area contributed by atoms with Gasteiger partial charge in [0.15, 0.2) is 6.29 Å². The molecule has 0 saturated heterocycles. The van der Waals surface area contributed by atoms with Crippen LogP contribution in [0.3, 0.4) is 0 Å². The highest BCUT2D eigenvalue weighted by Crippen LogP contribution is 2.28. The highest BCUT2D eigenvalue weighted by atomic mass is 16.7. The number of ether oxygens (including phenoxy) is 3. The van der Waals surface area contributed by atoms with Gasteiger partial charge in [-0.3, -0.25) is 0 Å². The molecular formula is C27H32O3. The third-order valence-corrected chi connectivity index (χ3v) is 5.49. The largest absolute Gasteiger partial charge is 0.491 e. The predicted molar refractivity (Wildman–Crippen MR) is 123 cm³/mol. The van der Waals surface area contributed by atoms with Crippen LogP contribution >= 0.6 is 0 Å². The van der Waals surface area contributed by atoms with E-state index in [4.69, 9.17) is 14.2 Å². The van der Waals surface area contributed by atoms with Crippen LogP contribution < -0.4 is 9.47 Å². The van der Waals surface area contributed by atoms with Crippen LogP contribution in [0.15, 0.2) is 78.9 Å². The third kappa shape index (κ3) is 6.11. The van der Waals surface area contributed by atoms with Crippen molar-refractivity contribution < 1.29 is 14.2 Å². The second-order valence-electron chi connectivity index (χ2n) is 8.06. The van der Waals surface area contributed by atoms with E-state index in [1.807, 2.05) is 49.4 Å². The van der Waals surface area contributed by atoms with Gasteiger partial charge in [0.05, 0.1) is 6.61 Å². The first-order valence-corrected chi connectivity index (χ1v) is 10.6. The quantitative estimate of drug-likeness (QED) is 0.273. The Hall–Kier alpha value is -2.78. The molecule has 3 nitrogen and oxygen atoms in total. The zero-order chi connectivity index (χ0) is 21.4. The van der Waals surface area contributed by atoms with E-state index in [2.05, 4.69) is 57.2 Å². The maximum atomic E-state index is 5.85. The van der Waals surface area contributed by atoms with E-state index in [1.165, 1.54) is 16.7 Å². The van der Waals surface area contributed by atoms with Gasteiger partial charge in [-0.2, -0.15) is 0 Å². The smallest absolute Gasteiger partial charge is 0.197 e. The van der Waals surface area contributed by atoms with Crippen LogP contribution in [-0.4, -0.2) is 19.5 Å². The van der Waals surface area contributed by atoms with Gasteiger partial charge in [-0.1, -0.05) is 75.4 Å². The average molecular weight is 405 g/mol. The topological polar surface area (TPSA) is 27.7 Å². The van der Waals surface area contributed by atoms with Crippen molar-refractivity contribution in [3.8, 4) is 22.6 Å². The van der Waals surface area contributed by atoms with Gasteiger partial charge in [-0.05, 0) is 59.7 Å². The normalized spacial score (nSPS) is 12.4. The van der Waals surface area contributed by atoms with Crippen molar-refractivity contribution in [2.75, 3.05) is 13.2 Å². The first-order valence-electron chi connectivity index (χ1n) is 10.6. The van der Waals surface area contributed by atoms with Crippen molar-refractivity contribution in [1.29, 1.82) is 0 Å². The fraction of sp³-hybridized carbons (Fsp3) is 0.333. The maximum Gasteiger partial charge on any atom is 0.197 e. The molecule has 0 aliphatic heterocycles. The minimum absolute atomic E-state index is 0.178. The Morgan fingerprint density at radius 3 is 1.97 bits per heavy atom.